The number of nitrogens with zero attached hydrogens (tertiary/aromatic N) is 2. The van der Waals surface area contributed by atoms with Gasteiger partial charge in [0.1, 0.15) is 0 Å². The van der Waals surface area contributed by atoms with E-state index >= 15 is 4.57 Å². The molecule has 4 aromatic rings. The highest BCUT2D eigenvalue weighted by Gasteiger charge is 2.49. The molecular weight excluding hydrogens is 449 g/mol. The van der Waals surface area contributed by atoms with Crippen molar-refractivity contribution in [3.63, 3.8) is 0 Å². The third-order valence-electron chi connectivity index (χ3n) is 6.68. The second-order valence-corrected chi connectivity index (χ2v) is 11.7. The molecule has 0 radical (unpaired) electrons. The van der Waals surface area contributed by atoms with E-state index in [-0.39, 0.29) is 5.66 Å². The second kappa shape index (κ2) is 10.9. The Labute approximate surface area is 208 Å². The minimum Gasteiger partial charge on any atom is -0.313 e. The number of rotatable bonds is 9. The molecule has 1 saturated heterocycles. The zero-order valence-electron chi connectivity index (χ0n) is 19.9. The van der Waals surface area contributed by atoms with Crippen LogP contribution in [0, 0.1) is 0 Å². The van der Waals surface area contributed by atoms with Gasteiger partial charge in [-0.15, -0.1) is 0 Å². The molecule has 5 heteroatoms. The van der Waals surface area contributed by atoms with Crippen LogP contribution in [0.3, 0.4) is 0 Å². The van der Waals surface area contributed by atoms with E-state index in [1.807, 2.05) is 48.5 Å². The molecule has 0 saturated carbocycles. The molecule has 178 valence electrons. The lowest BCUT2D eigenvalue weighted by Crippen LogP contribution is -2.26. The van der Waals surface area contributed by atoms with Gasteiger partial charge in [0.15, 0.2) is 0 Å². The van der Waals surface area contributed by atoms with E-state index < -0.39 is 7.44 Å². The van der Waals surface area contributed by atoms with Crippen LogP contribution in [0.25, 0.3) is 0 Å². The molecule has 1 heterocycles. The normalized spacial score (nSPS) is 15.8. The highest BCUT2D eigenvalue weighted by molar-refractivity contribution is 7.68. The molecule has 1 atom stereocenters. The number of nitrogens with one attached hydrogen (secondary N) is 1. The Morgan fingerprint density at radius 1 is 0.657 bits per heavy atom. The van der Waals surface area contributed by atoms with E-state index in [9.17, 15) is 0 Å². The summed E-state index contributed by atoms with van der Waals surface area (Å²) in [4.78, 5) is 0. The van der Waals surface area contributed by atoms with Crippen LogP contribution in [0.2, 0.25) is 0 Å². The minimum absolute atomic E-state index is 0.130. The van der Waals surface area contributed by atoms with Gasteiger partial charge in [-0.05, 0) is 48.4 Å². The molecule has 1 fully saturated rings. The highest BCUT2D eigenvalue weighted by Crippen LogP contribution is 2.69. The SMILES string of the molecule is O=P1(C(CCNCc2ccccc2)c2ccccc2)N(c2ccccc2)CCN1c1ccccc1. The quantitative estimate of drug-likeness (QED) is 0.204. The summed E-state index contributed by atoms with van der Waals surface area (Å²) in [6, 6.07) is 41.3. The van der Waals surface area contributed by atoms with Crippen molar-refractivity contribution in [3.8, 4) is 0 Å². The Morgan fingerprint density at radius 2 is 1.11 bits per heavy atom. The summed E-state index contributed by atoms with van der Waals surface area (Å²) in [5.41, 5.74) is 4.30. The van der Waals surface area contributed by atoms with Crippen LogP contribution < -0.4 is 14.7 Å². The maximum absolute atomic E-state index is 15.5. The number of benzene rings is 4. The summed E-state index contributed by atoms with van der Waals surface area (Å²) < 4.78 is 19.8. The molecule has 1 N–H and O–H groups in total. The maximum atomic E-state index is 15.5. The molecule has 1 aliphatic rings. The lowest BCUT2D eigenvalue weighted by atomic mass is 10.1. The molecule has 5 rings (SSSR count). The summed E-state index contributed by atoms with van der Waals surface area (Å²) >= 11 is 0. The molecule has 1 unspecified atom stereocenters. The summed E-state index contributed by atoms with van der Waals surface area (Å²) in [5, 5.41) is 3.59. The van der Waals surface area contributed by atoms with Crippen molar-refractivity contribution in [1.29, 1.82) is 0 Å². The summed E-state index contributed by atoms with van der Waals surface area (Å²) in [5.74, 6) is 0. The summed E-state index contributed by atoms with van der Waals surface area (Å²) in [7, 11) is -3.05. The molecule has 0 amide bonds. The smallest absolute Gasteiger partial charge is 0.270 e. The van der Waals surface area contributed by atoms with Crippen LogP contribution in [-0.4, -0.2) is 19.6 Å². The topological polar surface area (TPSA) is 35.6 Å². The first kappa shape index (κ1) is 23.4. The van der Waals surface area contributed by atoms with Gasteiger partial charge in [-0.3, -0.25) is 4.57 Å². The van der Waals surface area contributed by atoms with Crippen LogP contribution in [0.15, 0.2) is 121 Å². The van der Waals surface area contributed by atoms with Crippen molar-refractivity contribution in [2.75, 3.05) is 29.0 Å². The second-order valence-electron chi connectivity index (χ2n) is 8.88. The molecule has 35 heavy (non-hydrogen) atoms. The molecule has 4 nitrogen and oxygen atoms in total. The minimum atomic E-state index is -3.05. The van der Waals surface area contributed by atoms with Gasteiger partial charge in [0.2, 0.25) is 0 Å². The van der Waals surface area contributed by atoms with Crippen LogP contribution in [0.1, 0.15) is 23.2 Å². The van der Waals surface area contributed by atoms with E-state index in [0.29, 0.717) is 0 Å². The zero-order chi connectivity index (χ0) is 23.9. The summed E-state index contributed by atoms with van der Waals surface area (Å²) in [6.07, 6.45) is 0.779. The Morgan fingerprint density at radius 3 is 1.63 bits per heavy atom. The van der Waals surface area contributed by atoms with Crippen LogP contribution >= 0.6 is 7.44 Å². The fourth-order valence-corrected chi connectivity index (χ4v) is 8.64. The molecule has 4 aromatic carbocycles. The van der Waals surface area contributed by atoms with Gasteiger partial charge in [0.25, 0.3) is 7.44 Å². The van der Waals surface area contributed by atoms with Crippen molar-refractivity contribution >= 4 is 18.8 Å². The first-order chi connectivity index (χ1) is 17.3. The van der Waals surface area contributed by atoms with Crippen molar-refractivity contribution in [3.05, 3.63) is 132 Å². The molecule has 1 aliphatic heterocycles. The molecule has 0 spiro atoms. The molecule has 0 aromatic heterocycles. The van der Waals surface area contributed by atoms with Crippen molar-refractivity contribution in [2.45, 2.75) is 18.6 Å². The number of para-hydroxylation sites is 2. The number of anilines is 2. The van der Waals surface area contributed by atoms with E-state index in [1.165, 1.54) is 5.56 Å². The van der Waals surface area contributed by atoms with Crippen LogP contribution in [-0.2, 0) is 11.1 Å². The lowest BCUT2D eigenvalue weighted by Gasteiger charge is -2.38. The third kappa shape index (κ3) is 5.05. The summed E-state index contributed by atoms with van der Waals surface area (Å²) in [6.45, 7) is 3.05. The van der Waals surface area contributed by atoms with Crippen LogP contribution in [0.5, 0.6) is 0 Å². The molecular formula is C30H32N3OP. The maximum Gasteiger partial charge on any atom is 0.270 e. The van der Waals surface area contributed by atoms with Gasteiger partial charge in [0, 0.05) is 31.0 Å². The van der Waals surface area contributed by atoms with Crippen LogP contribution in [0.4, 0.5) is 11.4 Å². The Hall–Kier alpha value is -3.33. The Balaban J connectivity index is 1.50. The van der Waals surface area contributed by atoms with Gasteiger partial charge in [-0.1, -0.05) is 97.1 Å². The fraction of sp³-hybridized carbons (Fsp3) is 0.200. The number of hydrogen-bond acceptors (Lipinski definition) is 2. The Bertz CT molecular complexity index is 1180. The molecule has 0 bridgehead atoms. The van der Waals surface area contributed by atoms with Crippen molar-refractivity contribution < 1.29 is 4.57 Å². The average Bonchev–Trinajstić information content (AvgIpc) is 3.28. The van der Waals surface area contributed by atoms with Gasteiger partial charge < -0.3 is 14.7 Å². The van der Waals surface area contributed by atoms with Gasteiger partial charge >= 0.3 is 0 Å². The van der Waals surface area contributed by atoms with Gasteiger partial charge in [-0.25, -0.2) is 0 Å². The van der Waals surface area contributed by atoms with E-state index in [4.69, 9.17) is 0 Å². The van der Waals surface area contributed by atoms with E-state index in [2.05, 4.69) is 87.5 Å². The van der Waals surface area contributed by atoms with E-state index in [0.717, 1.165) is 49.5 Å². The number of hydrogen-bond donors (Lipinski definition) is 1. The van der Waals surface area contributed by atoms with Crippen molar-refractivity contribution in [2.24, 2.45) is 0 Å². The lowest BCUT2D eigenvalue weighted by molar-refractivity contribution is 0.552. The van der Waals surface area contributed by atoms with Gasteiger partial charge in [-0.2, -0.15) is 0 Å². The monoisotopic (exact) mass is 481 g/mol. The first-order valence-corrected chi connectivity index (χ1v) is 14.0. The first-order valence-electron chi connectivity index (χ1n) is 12.3. The fourth-order valence-electron chi connectivity index (χ4n) is 5.00. The standard InChI is InChI=1S/C30H32N3OP/c34-35(30(27-15-7-2-8-16-27)21-22-31-25-26-13-5-1-6-14-26)32(28-17-9-3-10-18-28)23-24-33(35)29-19-11-4-12-20-29/h1-20,30-31H,21-25H2. The van der Waals surface area contributed by atoms with Gasteiger partial charge in [0.05, 0.1) is 5.66 Å². The molecule has 0 aliphatic carbocycles. The Kier molecular flexibility index (Phi) is 7.32. The largest absolute Gasteiger partial charge is 0.313 e. The average molecular weight is 482 g/mol. The van der Waals surface area contributed by atoms with E-state index in [1.54, 1.807) is 0 Å². The predicted octanol–water partition coefficient (Wildman–Crippen LogP) is 7.13. The zero-order valence-corrected chi connectivity index (χ0v) is 20.8. The highest BCUT2D eigenvalue weighted by atomic mass is 31.2. The third-order valence-corrected chi connectivity index (χ3v) is 10.3. The predicted molar refractivity (Wildman–Crippen MR) is 147 cm³/mol. The van der Waals surface area contributed by atoms with Crippen molar-refractivity contribution in [1.82, 2.24) is 5.32 Å².